The fourth-order valence-electron chi connectivity index (χ4n) is 8.14. The summed E-state index contributed by atoms with van der Waals surface area (Å²) in [4.78, 5) is 38.1. The molecule has 1 unspecified atom stereocenters. The second-order valence-electron chi connectivity index (χ2n) is 19.2. The Labute approximate surface area is 415 Å². The van der Waals surface area contributed by atoms with Crippen LogP contribution in [0.5, 0.6) is 0 Å². The third-order valence-corrected chi connectivity index (χ3v) is 12.5. The van der Waals surface area contributed by atoms with Crippen molar-refractivity contribution in [2.45, 2.75) is 297 Å². The summed E-state index contributed by atoms with van der Waals surface area (Å²) < 4.78 is 16.8. The van der Waals surface area contributed by atoms with Crippen molar-refractivity contribution in [3.8, 4) is 0 Å². The Morgan fingerprint density at radius 3 is 0.955 bits per heavy atom. The average molecular weight is 938 g/mol. The minimum Gasteiger partial charge on any atom is -0.462 e. The van der Waals surface area contributed by atoms with Crippen molar-refractivity contribution in [3.05, 3.63) is 60.8 Å². The average Bonchev–Trinajstić information content (AvgIpc) is 3.33. The number of rotatable bonds is 52. The van der Waals surface area contributed by atoms with E-state index >= 15 is 0 Å². The molecule has 388 valence electrons. The van der Waals surface area contributed by atoms with Crippen LogP contribution in [0.25, 0.3) is 0 Å². The molecular weight excluding hydrogens is 829 g/mol. The summed E-state index contributed by atoms with van der Waals surface area (Å²) in [5, 5.41) is 0. The number of hydrogen-bond acceptors (Lipinski definition) is 6. The zero-order valence-electron chi connectivity index (χ0n) is 44.4. The summed E-state index contributed by atoms with van der Waals surface area (Å²) in [5.74, 6) is -0.941. The van der Waals surface area contributed by atoms with Crippen LogP contribution in [0, 0.1) is 0 Å². The van der Waals surface area contributed by atoms with Crippen molar-refractivity contribution < 1.29 is 28.6 Å². The monoisotopic (exact) mass is 937 g/mol. The lowest BCUT2D eigenvalue weighted by Gasteiger charge is -2.18. The molecular formula is C61H108O6. The smallest absolute Gasteiger partial charge is 0.306 e. The number of hydrogen-bond donors (Lipinski definition) is 0. The molecule has 1 atom stereocenters. The molecule has 0 aliphatic rings. The molecule has 0 spiro atoms. The van der Waals surface area contributed by atoms with Gasteiger partial charge in [0.25, 0.3) is 0 Å². The standard InChI is InChI=1S/C61H108O6/c1-4-7-10-13-16-19-22-25-28-30-33-36-39-42-45-48-51-54-60(63)66-57-58(56-65-59(62)53-50-47-44-41-38-35-32-27-24-21-18-15-12-9-6-3)67-61(64)55-52-49-46-43-40-37-34-31-29-26-23-20-17-14-11-8-5-2/h16,19,21,24-25,28,33,36,42,45,58H,4-15,17-18,20,22-23,26-27,29-32,34-35,37-41,43-44,46-57H2,1-3H3/b19-16-,24-21-,28-25-,36-33-,45-42-. The van der Waals surface area contributed by atoms with Gasteiger partial charge in [0.2, 0.25) is 0 Å². The van der Waals surface area contributed by atoms with E-state index in [1.807, 2.05) is 0 Å². The molecule has 67 heavy (non-hydrogen) atoms. The number of carbonyl (C=O) groups excluding carboxylic acids is 3. The van der Waals surface area contributed by atoms with Gasteiger partial charge in [-0.1, -0.05) is 248 Å². The van der Waals surface area contributed by atoms with Gasteiger partial charge in [-0.05, 0) is 83.5 Å². The summed E-state index contributed by atoms with van der Waals surface area (Å²) >= 11 is 0. The molecule has 0 N–H and O–H groups in total. The molecule has 0 aromatic heterocycles. The van der Waals surface area contributed by atoms with E-state index in [-0.39, 0.29) is 37.5 Å². The lowest BCUT2D eigenvalue weighted by molar-refractivity contribution is -0.167. The van der Waals surface area contributed by atoms with Crippen molar-refractivity contribution in [1.29, 1.82) is 0 Å². The fourth-order valence-corrected chi connectivity index (χ4v) is 8.14. The number of ether oxygens (including phenoxy) is 3. The zero-order valence-corrected chi connectivity index (χ0v) is 44.4. The quantitative estimate of drug-likeness (QED) is 0.0262. The molecule has 0 amide bonds. The second kappa shape index (κ2) is 55.7. The third kappa shape index (κ3) is 53.9. The van der Waals surface area contributed by atoms with Gasteiger partial charge < -0.3 is 14.2 Å². The van der Waals surface area contributed by atoms with Crippen LogP contribution in [0.2, 0.25) is 0 Å². The molecule has 0 heterocycles. The van der Waals surface area contributed by atoms with Crippen LogP contribution < -0.4 is 0 Å². The van der Waals surface area contributed by atoms with E-state index in [0.717, 1.165) is 64.2 Å². The number of allylic oxidation sites excluding steroid dienone is 10. The maximum Gasteiger partial charge on any atom is 0.306 e. The summed E-state index contributed by atoms with van der Waals surface area (Å²) in [5.41, 5.74) is 0. The van der Waals surface area contributed by atoms with E-state index in [1.54, 1.807) is 0 Å². The number of esters is 3. The van der Waals surface area contributed by atoms with Crippen LogP contribution >= 0.6 is 0 Å². The highest BCUT2D eigenvalue weighted by Gasteiger charge is 2.19. The summed E-state index contributed by atoms with van der Waals surface area (Å²) in [7, 11) is 0. The molecule has 0 saturated carbocycles. The van der Waals surface area contributed by atoms with E-state index in [4.69, 9.17) is 14.2 Å². The van der Waals surface area contributed by atoms with Gasteiger partial charge >= 0.3 is 17.9 Å². The Kier molecular flexibility index (Phi) is 53.3. The Hall–Kier alpha value is -2.89. The Bertz CT molecular complexity index is 1210. The van der Waals surface area contributed by atoms with E-state index in [1.165, 1.54) is 180 Å². The first kappa shape index (κ1) is 64.1. The Morgan fingerprint density at radius 2 is 0.552 bits per heavy atom. The predicted octanol–water partition coefficient (Wildman–Crippen LogP) is 19.2. The first-order valence-corrected chi connectivity index (χ1v) is 28.8. The topological polar surface area (TPSA) is 78.9 Å². The van der Waals surface area contributed by atoms with E-state index < -0.39 is 6.10 Å². The highest BCUT2D eigenvalue weighted by Crippen LogP contribution is 2.16. The minimum atomic E-state index is -0.796. The van der Waals surface area contributed by atoms with Gasteiger partial charge in [0, 0.05) is 19.3 Å². The van der Waals surface area contributed by atoms with Gasteiger partial charge in [-0.25, -0.2) is 0 Å². The van der Waals surface area contributed by atoms with E-state index in [0.29, 0.717) is 19.3 Å². The van der Waals surface area contributed by atoms with Gasteiger partial charge in [-0.3, -0.25) is 14.4 Å². The molecule has 0 aromatic carbocycles. The van der Waals surface area contributed by atoms with Crippen molar-refractivity contribution in [3.63, 3.8) is 0 Å². The number of unbranched alkanes of at least 4 members (excludes halogenated alkanes) is 31. The first-order chi connectivity index (χ1) is 33.0. The van der Waals surface area contributed by atoms with Gasteiger partial charge in [0.1, 0.15) is 13.2 Å². The van der Waals surface area contributed by atoms with E-state index in [2.05, 4.69) is 81.5 Å². The fraction of sp³-hybridized carbons (Fsp3) is 0.787. The van der Waals surface area contributed by atoms with Crippen molar-refractivity contribution in [2.24, 2.45) is 0 Å². The Morgan fingerprint density at radius 1 is 0.299 bits per heavy atom. The Balaban J connectivity index is 4.44. The molecule has 0 saturated heterocycles. The summed E-state index contributed by atoms with van der Waals surface area (Å²) in [6.45, 7) is 6.58. The lowest BCUT2D eigenvalue weighted by Crippen LogP contribution is -2.30. The third-order valence-electron chi connectivity index (χ3n) is 12.5. The summed E-state index contributed by atoms with van der Waals surface area (Å²) in [6, 6.07) is 0. The van der Waals surface area contributed by atoms with Crippen molar-refractivity contribution in [1.82, 2.24) is 0 Å². The highest BCUT2D eigenvalue weighted by atomic mass is 16.6. The SMILES string of the molecule is CCCCC/C=C\C/C=C\C/C=C\C/C=C\CCCC(=O)OCC(COC(=O)CCCCCCCCC/C=C\CCCCCC)OC(=O)CCCCCCCCCCCCCCCCCCC. The van der Waals surface area contributed by atoms with Gasteiger partial charge in [-0.2, -0.15) is 0 Å². The molecule has 0 fully saturated rings. The zero-order chi connectivity index (χ0) is 48.6. The molecule has 6 heteroatoms. The lowest BCUT2D eigenvalue weighted by atomic mass is 10.0. The van der Waals surface area contributed by atoms with Gasteiger partial charge in [0.15, 0.2) is 6.10 Å². The van der Waals surface area contributed by atoms with E-state index in [9.17, 15) is 14.4 Å². The first-order valence-electron chi connectivity index (χ1n) is 28.8. The van der Waals surface area contributed by atoms with Gasteiger partial charge in [-0.15, -0.1) is 0 Å². The van der Waals surface area contributed by atoms with Crippen LogP contribution in [0.15, 0.2) is 60.8 Å². The van der Waals surface area contributed by atoms with Crippen LogP contribution in [-0.2, 0) is 28.6 Å². The molecule has 0 bridgehead atoms. The van der Waals surface area contributed by atoms with Crippen molar-refractivity contribution >= 4 is 17.9 Å². The van der Waals surface area contributed by atoms with Crippen LogP contribution in [0.1, 0.15) is 290 Å². The normalized spacial score (nSPS) is 12.5. The van der Waals surface area contributed by atoms with Crippen LogP contribution in [0.4, 0.5) is 0 Å². The number of carbonyl (C=O) groups is 3. The molecule has 6 nitrogen and oxygen atoms in total. The summed E-state index contributed by atoms with van der Waals surface area (Å²) in [6.07, 6.45) is 69.3. The second-order valence-corrected chi connectivity index (χ2v) is 19.2. The van der Waals surface area contributed by atoms with Crippen molar-refractivity contribution in [2.75, 3.05) is 13.2 Å². The largest absolute Gasteiger partial charge is 0.462 e. The molecule has 0 aliphatic carbocycles. The van der Waals surface area contributed by atoms with Crippen LogP contribution in [0.3, 0.4) is 0 Å². The maximum atomic E-state index is 12.9. The molecule has 0 aliphatic heterocycles. The van der Waals surface area contributed by atoms with Crippen LogP contribution in [-0.4, -0.2) is 37.2 Å². The minimum absolute atomic E-state index is 0.0910. The van der Waals surface area contributed by atoms with Gasteiger partial charge in [0.05, 0.1) is 0 Å². The maximum absolute atomic E-state index is 12.9. The molecule has 0 aromatic rings. The highest BCUT2D eigenvalue weighted by molar-refractivity contribution is 5.71. The predicted molar refractivity (Wildman–Crippen MR) is 288 cm³/mol. The molecule has 0 radical (unpaired) electrons. The molecule has 0 rings (SSSR count).